The molecule has 1 N–H and O–H groups in total. The maximum absolute atomic E-state index is 13.4. The van der Waals surface area contributed by atoms with Gasteiger partial charge in [0.2, 0.25) is 0 Å². The fourth-order valence-electron chi connectivity index (χ4n) is 3.50. The van der Waals surface area contributed by atoms with Crippen molar-refractivity contribution in [2.45, 2.75) is 20.1 Å². The molecule has 3 amide bonds. The van der Waals surface area contributed by atoms with Gasteiger partial charge in [0.15, 0.2) is 11.5 Å². The molecular formula is C26H22ClFN2O4. The Hall–Kier alpha value is -3.84. The number of ether oxygens (including phenoxy) is 2. The number of halogens is 2. The molecule has 1 aliphatic rings. The van der Waals surface area contributed by atoms with Gasteiger partial charge in [-0.2, -0.15) is 0 Å². The maximum Gasteiger partial charge on any atom is 0.329 e. The Morgan fingerprint density at radius 3 is 2.53 bits per heavy atom. The molecule has 0 radical (unpaired) electrons. The van der Waals surface area contributed by atoms with Gasteiger partial charge in [0.25, 0.3) is 5.91 Å². The van der Waals surface area contributed by atoms with Gasteiger partial charge in [0, 0.05) is 0 Å². The lowest BCUT2D eigenvalue weighted by atomic mass is 10.1. The van der Waals surface area contributed by atoms with E-state index in [2.05, 4.69) is 5.32 Å². The van der Waals surface area contributed by atoms with E-state index in [1.165, 1.54) is 25.3 Å². The van der Waals surface area contributed by atoms with Crippen LogP contribution in [-0.2, 0) is 17.9 Å². The highest BCUT2D eigenvalue weighted by atomic mass is 35.5. The van der Waals surface area contributed by atoms with Crippen molar-refractivity contribution in [3.8, 4) is 11.5 Å². The number of carbonyl (C=O) groups is 2. The van der Waals surface area contributed by atoms with Crippen LogP contribution in [0.1, 0.15) is 22.3 Å². The quantitative estimate of drug-likeness (QED) is 0.360. The fourth-order valence-corrected chi connectivity index (χ4v) is 3.78. The van der Waals surface area contributed by atoms with Gasteiger partial charge in [-0.3, -0.25) is 9.69 Å². The number of benzene rings is 3. The normalized spacial score (nSPS) is 14.5. The number of hydrogen-bond acceptors (Lipinski definition) is 4. The molecule has 4 rings (SSSR count). The smallest absolute Gasteiger partial charge is 0.329 e. The Morgan fingerprint density at radius 2 is 1.82 bits per heavy atom. The highest BCUT2D eigenvalue weighted by Crippen LogP contribution is 2.37. The molecule has 1 heterocycles. The Balaban J connectivity index is 1.53. The number of imide groups is 1. The van der Waals surface area contributed by atoms with Crippen LogP contribution in [0, 0.1) is 12.7 Å². The van der Waals surface area contributed by atoms with Gasteiger partial charge in [-0.25, -0.2) is 9.18 Å². The molecular weight excluding hydrogens is 459 g/mol. The summed E-state index contributed by atoms with van der Waals surface area (Å²) in [5.74, 6) is -0.171. The number of rotatable bonds is 7. The number of amides is 3. The third-order valence-corrected chi connectivity index (χ3v) is 5.54. The second-order valence-electron chi connectivity index (χ2n) is 7.82. The molecule has 1 saturated heterocycles. The monoisotopic (exact) mass is 480 g/mol. The number of carbonyl (C=O) groups excluding carboxylic acids is 2. The number of nitrogens with zero attached hydrogens (tertiary/aromatic N) is 1. The zero-order valence-corrected chi connectivity index (χ0v) is 19.4. The molecule has 3 aromatic rings. The van der Waals surface area contributed by atoms with Crippen molar-refractivity contribution in [1.29, 1.82) is 0 Å². The molecule has 0 spiro atoms. The summed E-state index contributed by atoms with van der Waals surface area (Å²) in [4.78, 5) is 26.4. The summed E-state index contributed by atoms with van der Waals surface area (Å²) in [5.41, 5.74) is 3.25. The zero-order chi connectivity index (χ0) is 24.2. The molecule has 0 aromatic heterocycles. The van der Waals surface area contributed by atoms with Crippen molar-refractivity contribution in [2.75, 3.05) is 7.11 Å². The molecule has 8 heteroatoms. The number of urea groups is 1. The van der Waals surface area contributed by atoms with E-state index in [0.717, 1.165) is 16.0 Å². The lowest BCUT2D eigenvalue weighted by molar-refractivity contribution is -0.123. The van der Waals surface area contributed by atoms with Crippen molar-refractivity contribution in [2.24, 2.45) is 0 Å². The number of aryl methyl sites for hydroxylation is 1. The van der Waals surface area contributed by atoms with E-state index in [-0.39, 0.29) is 29.7 Å². The molecule has 174 valence electrons. The molecule has 6 nitrogen and oxygen atoms in total. The minimum atomic E-state index is -0.495. The standard InChI is InChI=1S/C26H22ClFN2O4/c1-16-6-8-17(9-7-16)14-30-25(31)22(29-26(30)32)12-19-11-21(27)24(23(13-19)33-2)34-15-18-4-3-5-20(28)10-18/h3-13H,14-15H2,1-2H3,(H,29,32)/b22-12+. The minimum absolute atomic E-state index is 0.0940. The van der Waals surface area contributed by atoms with Crippen LogP contribution in [0.4, 0.5) is 9.18 Å². The van der Waals surface area contributed by atoms with Crippen molar-refractivity contribution in [1.82, 2.24) is 10.2 Å². The Morgan fingerprint density at radius 1 is 1.06 bits per heavy atom. The highest BCUT2D eigenvalue weighted by molar-refractivity contribution is 6.32. The first-order chi connectivity index (χ1) is 16.3. The van der Waals surface area contributed by atoms with Crippen LogP contribution in [0.5, 0.6) is 11.5 Å². The van der Waals surface area contributed by atoms with Crippen molar-refractivity contribution >= 4 is 29.6 Å². The summed E-state index contributed by atoms with van der Waals surface area (Å²) < 4.78 is 24.6. The average molecular weight is 481 g/mol. The fraction of sp³-hybridized carbons (Fsp3) is 0.154. The van der Waals surface area contributed by atoms with Gasteiger partial charge < -0.3 is 14.8 Å². The van der Waals surface area contributed by atoms with Gasteiger partial charge in [0.05, 0.1) is 18.7 Å². The molecule has 0 bridgehead atoms. The van der Waals surface area contributed by atoms with E-state index in [1.807, 2.05) is 31.2 Å². The Labute approximate surface area is 201 Å². The zero-order valence-electron chi connectivity index (χ0n) is 18.6. The summed E-state index contributed by atoms with van der Waals surface area (Å²) in [6.07, 6.45) is 1.53. The molecule has 34 heavy (non-hydrogen) atoms. The second-order valence-corrected chi connectivity index (χ2v) is 8.22. The molecule has 0 unspecified atom stereocenters. The van der Waals surface area contributed by atoms with Crippen LogP contribution >= 0.6 is 11.6 Å². The number of nitrogens with one attached hydrogen (secondary N) is 1. The van der Waals surface area contributed by atoms with E-state index in [4.69, 9.17) is 21.1 Å². The lowest BCUT2D eigenvalue weighted by Gasteiger charge is -2.14. The van der Waals surface area contributed by atoms with Gasteiger partial charge >= 0.3 is 6.03 Å². The van der Waals surface area contributed by atoms with Gasteiger partial charge in [-0.15, -0.1) is 0 Å². The van der Waals surface area contributed by atoms with Gasteiger partial charge in [-0.1, -0.05) is 53.6 Å². The summed E-state index contributed by atoms with van der Waals surface area (Å²) in [7, 11) is 1.46. The van der Waals surface area contributed by atoms with Crippen molar-refractivity contribution in [3.05, 3.63) is 99.5 Å². The Bertz CT molecular complexity index is 1270. The molecule has 0 aliphatic carbocycles. The third kappa shape index (κ3) is 5.21. The van der Waals surface area contributed by atoms with E-state index >= 15 is 0 Å². The Kier molecular flexibility index (Phi) is 6.84. The first kappa shape index (κ1) is 23.3. The molecule has 1 aliphatic heterocycles. The molecule has 1 fully saturated rings. The van der Waals surface area contributed by atoms with Crippen molar-refractivity contribution in [3.63, 3.8) is 0 Å². The average Bonchev–Trinajstić information content (AvgIpc) is 3.06. The SMILES string of the molecule is COc1cc(/C=C2/NC(=O)N(Cc3ccc(C)cc3)C2=O)cc(Cl)c1OCc1cccc(F)c1. The predicted molar refractivity (Wildman–Crippen MR) is 127 cm³/mol. The van der Waals surface area contributed by atoms with Gasteiger partial charge in [-0.05, 0) is 54.0 Å². The number of methoxy groups -OCH3 is 1. The summed E-state index contributed by atoms with van der Waals surface area (Å²) in [6, 6.07) is 16.4. The molecule has 0 atom stereocenters. The van der Waals surface area contributed by atoms with Crippen LogP contribution in [0.25, 0.3) is 6.08 Å². The highest BCUT2D eigenvalue weighted by Gasteiger charge is 2.33. The van der Waals surface area contributed by atoms with Crippen LogP contribution in [0.2, 0.25) is 5.02 Å². The summed E-state index contributed by atoms with van der Waals surface area (Å²) in [6.45, 7) is 2.23. The van der Waals surface area contributed by atoms with Gasteiger partial charge in [0.1, 0.15) is 18.1 Å². The second kappa shape index (κ2) is 9.97. The molecule has 3 aromatic carbocycles. The topological polar surface area (TPSA) is 67.9 Å². The van der Waals surface area contributed by atoms with Crippen LogP contribution in [0.3, 0.4) is 0 Å². The summed E-state index contributed by atoms with van der Waals surface area (Å²) in [5, 5.41) is 2.85. The van der Waals surface area contributed by atoms with E-state index in [9.17, 15) is 14.0 Å². The first-order valence-electron chi connectivity index (χ1n) is 10.5. The largest absolute Gasteiger partial charge is 0.493 e. The minimum Gasteiger partial charge on any atom is -0.493 e. The van der Waals surface area contributed by atoms with E-state index < -0.39 is 11.9 Å². The van der Waals surface area contributed by atoms with E-state index in [1.54, 1.807) is 24.3 Å². The first-order valence-corrected chi connectivity index (χ1v) is 10.9. The van der Waals surface area contributed by atoms with Crippen LogP contribution in [0.15, 0.2) is 66.4 Å². The molecule has 0 saturated carbocycles. The van der Waals surface area contributed by atoms with Crippen molar-refractivity contribution < 1.29 is 23.5 Å². The lowest BCUT2D eigenvalue weighted by Crippen LogP contribution is -2.30. The van der Waals surface area contributed by atoms with Crippen LogP contribution < -0.4 is 14.8 Å². The van der Waals surface area contributed by atoms with Crippen LogP contribution in [-0.4, -0.2) is 23.9 Å². The predicted octanol–water partition coefficient (Wildman–Crippen LogP) is 5.47. The number of hydrogen-bond donors (Lipinski definition) is 1. The summed E-state index contributed by atoms with van der Waals surface area (Å²) >= 11 is 6.42. The van der Waals surface area contributed by atoms with E-state index in [0.29, 0.717) is 22.6 Å². The third-order valence-electron chi connectivity index (χ3n) is 5.26. The maximum atomic E-state index is 13.4.